The molecular weight excluding hydrogens is 354 g/mol. The van der Waals surface area contributed by atoms with Gasteiger partial charge in [-0.25, -0.2) is 0 Å². The van der Waals surface area contributed by atoms with Gasteiger partial charge >= 0.3 is 12.4 Å². The van der Waals surface area contributed by atoms with E-state index in [2.05, 4.69) is 5.32 Å². The highest BCUT2D eigenvalue weighted by Gasteiger charge is 2.37. The number of rotatable bonds is 3. The first-order chi connectivity index (χ1) is 11.4. The number of aliphatic hydroxyl groups is 1. The zero-order valence-corrected chi connectivity index (χ0v) is 12.9. The lowest BCUT2D eigenvalue weighted by molar-refractivity contribution is -0.143. The molecule has 0 saturated carbocycles. The Kier molecular flexibility index (Phi) is 5.33. The molecule has 0 aliphatic carbocycles. The van der Waals surface area contributed by atoms with Crippen LogP contribution in [0.5, 0.6) is 0 Å². The first-order valence-corrected chi connectivity index (χ1v) is 7.41. The second-order valence-electron chi connectivity index (χ2n) is 5.99. The van der Waals surface area contributed by atoms with Gasteiger partial charge in [0, 0.05) is 5.69 Å². The number of benzene rings is 1. The van der Waals surface area contributed by atoms with E-state index in [-0.39, 0.29) is 18.9 Å². The summed E-state index contributed by atoms with van der Waals surface area (Å²) in [4.78, 5) is 12.0. The molecule has 0 spiro atoms. The van der Waals surface area contributed by atoms with Gasteiger partial charge in [-0.2, -0.15) is 26.3 Å². The second-order valence-corrected chi connectivity index (χ2v) is 5.99. The quantitative estimate of drug-likeness (QED) is 0.717. The standard InChI is InChI=1S/C15H16F6N2O2/c16-14(17,18)9-5-10(15(19,20)21)7-11(6-9)23-12(24)8-13(25)1-3-22-4-2-13/h5-7,22,25H,1-4,8H2,(H,23,24). The van der Waals surface area contributed by atoms with Crippen molar-refractivity contribution in [3.8, 4) is 0 Å². The Hall–Kier alpha value is -1.81. The number of carbonyl (C=O) groups is 1. The average molecular weight is 370 g/mol. The Bertz CT molecular complexity index is 604. The van der Waals surface area contributed by atoms with Crippen LogP contribution in [0.2, 0.25) is 0 Å². The lowest BCUT2D eigenvalue weighted by atomic mass is 9.89. The van der Waals surface area contributed by atoms with Crippen LogP contribution in [0.4, 0.5) is 32.0 Å². The molecule has 1 aromatic rings. The van der Waals surface area contributed by atoms with Gasteiger partial charge in [0.15, 0.2) is 0 Å². The molecular formula is C15H16F6N2O2. The van der Waals surface area contributed by atoms with Crippen molar-refractivity contribution in [2.24, 2.45) is 0 Å². The van der Waals surface area contributed by atoms with Crippen LogP contribution in [0.25, 0.3) is 0 Å². The van der Waals surface area contributed by atoms with E-state index < -0.39 is 47.1 Å². The molecule has 2 rings (SSSR count). The van der Waals surface area contributed by atoms with E-state index in [0.29, 0.717) is 25.2 Å². The van der Waals surface area contributed by atoms with Crippen molar-refractivity contribution < 1.29 is 36.2 Å². The molecule has 0 radical (unpaired) electrons. The Morgan fingerprint density at radius 1 is 1.04 bits per heavy atom. The van der Waals surface area contributed by atoms with Crippen molar-refractivity contribution in [1.29, 1.82) is 0 Å². The Labute approximate surface area is 139 Å². The summed E-state index contributed by atoms with van der Waals surface area (Å²) in [5, 5.41) is 15.2. The molecule has 1 saturated heterocycles. The van der Waals surface area contributed by atoms with E-state index in [9.17, 15) is 36.2 Å². The third kappa shape index (κ3) is 5.33. The van der Waals surface area contributed by atoms with Gasteiger partial charge in [-0.3, -0.25) is 4.79 Å². The van der Waals surface area contributed by atoms with E-state index in [1.165, 1.54) is 0 Å². The van der Waals surface area contributed by atoms with Gasteiger partial charge in [0.05, 0.1) is 23.1 Å². The molecule has 0 unspecified atom stereocenters. The average Bonchev–Trinajstić information content (AvgIpc) is 2.45. The van der Waals surface area contributed by atoms with Crippen LogP contribution in [-0.4, -0.2) is 29.7 Å². The summed E-state index contributed by atoms with van der Waals surface area (Å²) in [6, 6.07) is 0.842. The van der Waals surface area contributed by atoms with E-state index >= 15 is 0 Å². The summed E-state index contributed by atoms with van der Waals surface area (Å²) in [6.07, 6.45) is -9.87. The number of halogens is 6. The summed E-state index contributed by atoms with van der Waals surface area (Å²) in [5.74, 6) is -0.850. The molecule has 1 aliphatic heterocycles. The molecule has 1 aromatic carbocycles. The van der Waals surface area contributed by atoms with Gasteiger partial charge in [-0.05, 0) is 44.1 Å². The monoisotopic (exact) mass is 370 g/mol. The molecule has 1 aliphatic rings. The molecule has 0 aromatic heterocycles. The van der Waals surface area contributed by atoms with E-state index in [0.717, 1.165) is 0 Å². The predicted octanol–water partition coefficient (Wildman–Crippen LogP) is 3.17. The lowest BCUT2D eigenvalue weighted by Crippen LogP contribution is -2.44. The maximum Gasteiger partial charge on any atom is 0.416 e. The summed E-state index contributed by atoms with van der Waals surface area (Å²) in [5.41, 5.74) is -4.98. The third-order valence-electron chi connectivity index (χ3n) is 3.90. The maximum absolute atomic E-state index is 12.8. The topological polar surface area (TPSA) is 61.4 Å². The maximum atomic E-state index is 12.8. The highest BCUT2D eigenvalue weighted by Crippen LogP contribution is 2.37. The number of alkyl halides is 6. The normalized spacial score (nSPS) is 18.0. The zero-order valence-electron chi connectivity index (χ0n) is 12.9. The smallest absolute Gasteiger partial charge is 0.389 e. The highest BCUT2D eigenvalue weighted by molar-refractivity contribution is 5.91. The van der Waals surface area contributed by atoms with Gasteiger partial charge < -0.3 is 15.7 Å². The second kappa shape index (κ2) is 6.83. The fourth-order valence-corrected chi connectivity index (χ4v) is 2.60. The molecule has 140 valence electrons. The van der Waals surface area contributed by atoms with Crippen LogP contribution in [0.3, 0.4) is 0 Å². The fourth-order valence-electron chi connectivity index (χ4n) is 2.60. The number of anilines is 1. The number of amides is 1. The van der Waals surface area contributed by atoms with Crippen LogP contribution in [0, 0.1) is 0 Å². The van der Waals surface area contributed by atoms with Gasteiger partial charge in [0.25, 0.3) is 0 Å². The summed E-state index contributed by atoms with van der Waals surface area (Å²) >= 11 is 0. The number of nitrogens with one attached hydrogen (secondary N) is 2. The Morgan fingerprint density at radius 3 is 1.96 bits per heavy atom. The van der Waals surface area contributed by atoms with Gasteiger partial charge in [-0.1, -0.05) is 0 Å². The molecule has 10 heteroatoms. The molecule has 0 bridgehead atoms. The summed E-state index contributed by atoms with van der Waals surface area (Å²) in [6.45, 7) is 0.928. The fraction of sp³-hybridized carbons (Fsp3) is 0.533. The summed E-state index contributed by atoms with van der Waals surface area (Å²) < 4.78 is 76.7. The largest absolute Gasteiger partial charge is 0.416 e. The number of hydrogen-bond acceptors (Lipinski definition) is 3. The van der Waals surface area contributed by atoms with E-state index in [1.54, 1.807) is 0 Å². The van der Waals surface area contributed by atoms with Gasteiger partial charge in [0.1, 0.15) is 0 Å². The van der Waals surface area contributed by atoms with Gasteiger partial charge in [-0.15, -0.1) is 0 Å². The van der Waals surface area contributed by atoms with E-state index in [1.807, 2.05) is 5.32 Å². The number of carbonyl (C=O) groups excluding carboxylic acids is 1. The highest BCUT2D eigenvalue weighted by atomic mass is 19.4. The minimum Gasteiger partial charge on any atom is -0.389 e. The molecule has 4 nitrogen and oxygen atoms in total. The zero-order chi connectivity index (χ0) is 18.9. The molecule has 1 amide bonds. The van der Waals surface area contributed by atoms with Crippen molar-refractivity contribution in [1.82, 2.24) is 5.32 Å². The minimum atomic E-state index is -4.99. The van der Waals surface area contributed by atoms with E-state index in [4.69, 9.17) is 0 Å². The van der Waals surface area contributed by atoms with Crippen molar-refractivity contribution in [3.05, 3.63) is 29.3 Å². The van der Waals surface area contributed by atoms with Crippen LogP contribution in [0.15, 0.2) is 18.2 Å². The molecule has 0 atom stereocenters. The molecule has 25 heavy (non-hydrogen) atoms. The van der Waals surface area contributed by atoms with Crippen LogP contribution in [-0.2, 0) is 17.1 Å². The number of hydrogen-bond donors (Lipinski definition) is 3. The van der Waals surface area contributed by atoms with Crippen LogP contribution in [0.1, 0.15) is 30.4 Å². The first-order valence-electron chi connectivity index (χ1n) is 7.41. The Morgan fingerprint density at radius 2 is 1.52 bits per heavy atom. The van der Waals surface area contributed by atoms with Crippen molar-refractivity contribution in [3.63, 3.8) is 0 Å². The first kappa shape index (κ1) is 19.5. The van der Waals surface area contributed by atoms with Crippen LogP contribution < -0.4 is 10.6 Å². The lowest BCUT2D eigenvalue weighted by Gasteiger charge is -2.31. The van der Waals surface area contributed by atoms with Crippen molar-refractivity contribution in [2.75, 3.05) is 18.4 Å². The Balaban J connectivity index is 2.21. The molecule has 1 heterocycles. The van der Waals surface area contributed by atoms with Crippen LogP contribution >= 0.6 is 0 Å². The molecule has 1 fully saturated rings. The summed E-state index contributed by atoms with van der Waals surface area (Å²) in [7, 11) is 0. The predicted molar refractivity (Wildman–Crippen MR) is 76.7 cm³/mol. The van der Waals surface area contributed by atoms with Crippen molar-refractivity contribution in [2.45, 2.75) is 37.2 Å². The van der Waals surface area contributed by atoms with Gasteiger partial charge in [0.2, 0.25) is 5.91 Å². The SMILES string of the molecule is O=C(CC1(O)CCNCC1)Nc1cc(C(F)(F)F)cc(C(F)(F)F)c1. The number of piperidine rings is 1. The minimum absolute atomic E-state index is 0.0179. The molecule has 3 N–H and O–H groups in total. The third-order valence-corrected chi connectivity index (χ3v) is 3.90. The van der Waals surface area contributed by atoms with Crippen molar-refractivity contribution >= 4 is 11.6 Å².